The van der Waals surface area contributed by atoms with Crippen LogP contribution in [-0.4, -0.2) is 19.3 Å². The lowest BCUT2D eigenvalue weighted by atomic mass is 10.2. The lowest BCUT2D eigenvalue weighted by molar-refractivity contribution is -0.114. The number of halogens is 1. The number of hydrogen-bond donors (Lipinski definition) is 2. The summed E-state index contributed by atoms with van der Waals surface area (Å²) in [6, 6.07) is 5.48. The number of nitrogens with one attached hydrogen (secondary N) is 2. The van der Waals surface area contributed by atoms with Gasteiger partial charge in [0.2, 0.25) is 11.0 Å². The zero-order valence-electron chi connectivity index (χ0n) is 13.9. The summed E-state index contributed by atoms with van der Waals surface area (Å²) in [4.78, 5) is 16.1. The molecule has 0 saturated carbocycles. The summed E-state index contributed by atoms with van der Waals surface area (Å²) < 4.78 is 46.3. The molecule has 2 aromatic rings. The highest BCUT2D eigenvalue weighted by Gasteiger charge is 2.32. The van der Waals surface area contributed by atoms with Crippen LogP contribution >= 0.6 is 11.3 Å². The number of hydrogen-bond acceptors (Lipinski definition) is 6. The molecule has 2 N–H and O–H groups in total. The molecule has 1 aliphatic heterocycles. The van der Waals surface area contributed by atoms with E-state index in [1.54, 1.807) is 6.92 Å². The Labute approximate surface area is 154 Å². The molecule has 10 heteroatoms. The van der Waals surface area contributed by atoms with Gasteiger partial charge < -0.3 is 10.1 Å². The van der Waals surface area contributed by atoms with Crippen molar-refractivity contribution < 1.29 is 22.3 Å². The van der Waals surface area contributed by atoms with Gasteiger partial charge in [0.15, 0.2) is 5.13 Å². The Bertz CT molecular complexity index is 985. The number of carbonyl (C=O) groups excluding carboxylic acids is 1. The van der Waals surface area contributed by atoms with Crippen molar-refractivity contribution in [1.29, 1.82) is 0 Å². The van der Waals surface area contributed by atoms with Gasteiger partial charge in [-0.2, -0.15) is 8.42 Å². The maximum absolute atomic E-state index is 13.7. The normalized spacial score (nSPS) is 16.7. The summed E-state index contributed by atoms with van der Waals surface area (Å²) in [5.74, 6) is -0.919. The zero-order valence-corrected chi connectivity index (χ0v) is 15.6. The van der Waals surface area contributed by atoms with Crippen molar-refractivity contribution in [3.05, 3.63) is 51.8 Å². The first kappa shape index (κ1) is 18.3. The van der Waals surface area contributed by atoms with E-state index in [1.807, 2.05) is 0 Å². The van der Waals surface area contributed by atoms with Gasteiger partial charge in [0.05, 0.1) is 16.3 Å². The largest absolute Gasteiger partial charge is 0.473 e. The van der Waals surface area contributed by atoms with Gasteiger partial charge >= 0.3 is 0 Å². The monoisotopic (exact) mass is 397 g/mol. The molecule has 26 heavy (non-hydrogen) atoms. The van der Waals surface area contributed by atoms with Crippen molar-refractivity contribution in [3.63, 3.8) is 0 Å². The van der Waals surface area contributed by atoms with Crippen molar-refractivity contribution >= 4 is 38.1 Å². The van der Waals surface area contributed by atoms with Crippen LogP contribution in [0.25, 0.3) is 0 Å². The third kappa shape index (κ3) is 3.86. The number of aryl methyl sites for hydroxylation is 1. The molecule has 2 heterocycles. The molecule has 0 fully saturated rings. The SMILES string of the molecule is CC(=O)Nc1nc(C)c(C2CC=C(S(=O)(=O)Nc3ccccc3F)O2)s1. The molecule has 7 nitrogen and oxygen atoms in total. The average molecular weight is 397 g/mol. The maximum atomic E-state index is 13.7. The second-order valence-electron chi connectivity index (χ2n) is 5.60. The summed E-state index contributed by atoms with van der Waals surface area (Å²) in [7, 11) is -4.04. The quantitative estimate of drug-likeness (QED) is 0.807. The predicted octanol–water partition coefficient (Wildman–Crippen LogP) is 3.29. The number of nitrogens with zero attached hydrogens (tertiary/aromatic N) is 1. The third-order valence-corrected chi connectivity index (χ3v) is 5.99. The van der Waals surface area contributed by atoms with Crippen LogP contribution in [0.15, 0.2) is 35.4 Å². The highest BCUT2D eigenvalue weighted by molar-refractivity contribution is 7.96. The number of aromatic nitrogens is 1. The van der Waals surface area contributed by atoms with Crippen molar-refractivity contribution in [1.82, 2.24) is 4.98 Å². The summed E-state index contributed by atoms with van der Waals surface area (Å²) in [6.45, 7) is 3.13. The van der Waals surface area contributed by atoms with Crippen LogP contribution in [0.4, 0.5) is 15.2 Å². The van der Waals surface area contributed by atoms with Crippen molar-refractivity contribution in [3.8, 4) is 0 Å². The van der Waals surface area contributed by atoms with Gasteiger partial charge in [0.1, 0.15) is 11.9 Å². The van der Waals surface area contributed by atoms with E-state index in [0.717, 1.165) is 10.9 Å². The minimum absolute atomic E-state index is 0.151. The number of ether oxygens (including phenoxy) is 1. The van der Waals surface area contributed by atoms with Gasteiger partial charge in [-0.3, -0.25) is 9.52 Å². The van der Waals surface area contributed by atoms with E-state index in [9.17, 15) is 17.6 Å². The van der Waals surface area contributed by atoms with E-state index < -0.39 is 21.9 Å². The highest BCUT2D eigenvalue weighted by atomic mass is 32.2. The van der Waals surface area contributed by atoms with E-state index in [1.165, 1.54) is 42.5 Å². The number of para-hydroxylation sites is 1. The molecule has 1 amide bonds. The van der Waals surface area contributed by atoms with Crippen LogP contribution in [0, 0.1) is 12.7 Å². The molecule has 3 rings (SSSR count). The number of benzene rings is 1. The van der Waals surface area contributed by atoms with Crippen LogP contribution in [0.1, 0.15) is 30.0 Å². The second-order valence-corrected chi connectivity index (χ2v) is 8.24. The fourth-order valence-corrected chi connectivity index (χ4v) is 4.59. The first-order chi connectivity index (χ1) is 12.3. The summed E-state index contributed by atoms with van der Waals surface area (Å²) in [5.41, 5.74) is 0.500. The van der Waals surface area contributed by atoms with Gasteiger partial charge in [0, 0.05) is 13.3 Å². The van der Waals surface area contributed by atoms with E-state index >= 15 is 0 Å². The van der Waals surface area contributed by atoms with Crippen LogP contribution < -0.4 is 10.0 Å². The lowest BCUT2D eigenvalue weighted by Gasteiger charge is -2.13. The van der Waals surface area contributed by atoms with Crippen molar-refractivity contribution in [2.75, 3.05) is 10.0 Å². The molecule has 0 spiro atoms. The van der Waals surface area contributed by atoms with Crippen molar-refractivity contribution in [2.45, 2.75) is 26.4 Å². The van der Waals surface area contributed by atoms with Gasteiger partial charge in [-0.1, -0.05) is 23.5 Å². The number of sulfonamides is 1. The molecular weight excluding hydrogens is 381 g/mol. The maximum Gasteiger partial charge on any atom is 0.294 e. The van der Waals surface area contributed by atoms with Crippen LogP contribution in [0.3, 0.4) is 0 Å². The van der Waals surface area contributed by atoms with Gasteiger partial charge in [-0.15, -0.1) is 0 Å². The minimum atomic E-state index is -4.04. The smallest absolute Gasteiger partial charge is 0.294 e. The Morgan fingerprint density at radius 1 is 1.38 bits per heavy atom. The summed E-state index contributed by atoms with van der Waals surface area (Å²) in [5, 5.41) is 2.75. The third-order valence-electron chi connectivity index (χ3n) is 3.55. The standard InChI is InChI=1S/C16H16FN3O4S2/c1-9-15(25-16(18-9)19-10(2)21)13-7-8-14(24-13)26(22,23)20-12-6-4-3-5-11(12)17/h3-6,8,13,20H,7H2,1-2H3,(H,18,19,21). The fraction of sp³-hybridized carbons (Fsp3) is 0.250. The molecule has 0 saturated heterocycles. The zero-order chi connectivity index (χ0) is 18.9. The number of carbonyl (C=O) groups is 1. The molecule has 1 unspecified atom stereocenters. The Balaban J connectivity index is 1.74. The van der Waals surface area contributed by atoms with E-state index in [-0.39, 0.29) is 16.7 Å². The molecular formula is C16H16FN3O4S2. The molecule has 0 bridgehead atoms. The van der Waals surface area contributed by atoms with Gasteiger partial charge in [0.25, 0.3) is 10.0 Å². The van der Waals surface area contributed by atoms with E-state index in [2.05, 4.69) is 15.0 Å². The lowest BCUT2D eigenvalue weighted by Crippen LogP contribution is -2.16. The van der Waals surface area contributed by atoms with Crippen LogP contribution in [0.5, 0.6) is 0 Å². The van der Waals surface area contributed by atoms with Crippen molar-refractivity contribution in [2.24, 2.45) is 0 Å². The molecule has 138 valence electrons. The van der Waals surface area contributed by atoms with Gasteiger partial charge in [-0.05, 0) is 25.1 Å². The summed E-state index contributed by atoms with van der Waals surface area (Å²) in [6.07, 6.45) is 1.24. The predicted molar refractivity (Wildman–Crippen MR) is 96.6 cm³/mol. The Morgan fingerprint density at radius 3 is 2.81 bits per heavy atom. The first-order valence-corrected chi connectivity index (χ1v) is 9.95. The Morgan fingerprint density at radius 2 is 2.12 bits per heavy atom. The highest BCUT2D eigenvalue weighted by Crippen LogP contribution is 2.39. The Kier molecular flexibility index (Phi) is 4.97. The fourth-order valence-electron chi connectivity index (χ4n) is 2.42. The van der Waals surface area contributed by atoms with E-state index in [0.29, 0.717) is 17.2 Å². The minimum Gasteiger partial charge on any atom is -0.473 e. The van der Waals surface area contributed by atoms with Gasteiger partial charge in [-0.25, -0.2) is 9.37 Å². The number of anilines is 2. The topological polar surface area (TPSA) is 97.4 Å². The molecule has 1 aliphatic rings. The number of rotatable bonds is 5. The van der Waals surface area contributed by atoms with E-state index in [4.69, 9.17) is 4.74 Å². The second kappa shape index (κ2) is 7.04. The number of amides is 1. The molecule has 1 aromatic carbocycles. The Hall–Kier alpha value is -2.46. The molecule has 1 atom stereocenters. The molecule has 1 aromatic heterocycles. The molecule has 0 aliphatic carbocycles. The van der Waals surface area contributed by atoms with Crippen LogP contribution in [0.2, 0.25) is 0 Å². The molecule has 0 radical (unpaired) electrons. The average Bonchev–Trinajstić information content (AvgIpc) is 3.16. The van der Waals surface area contributed by atoms with Crippen LogP contribution in [-0.2, 0) is 19.6 Å². The first-order valence-electron chi connectivity index (χ1n) is 7.65. The number of thiazole rings is 1. The summed E-state index contributed by atoms with van der Waals surface area (Å²) >= 11 is 1.23.